The maximum absolute atomic E-state index is 12.6. The Labute approximate surface area is 133 Å². The second-order valence-corrected chi connectivity index (χ2v) is 5.40. The molecule has 3 nitrogen and oxygen atoms in total. The number of carbonyl (C=O) groups is 1. The number of hydrogen-bond acceptors (Lipinski definition) is 2. The van der Waals surface area contributed by atoms with Crippen molar-refractivity contribution in [2.75, 3.05) is 5.32 Å². The van der Waals surface area contributed by atoms with Gasteiger partial charge in [0.05, 0.1) is 5.56 Å². The van der Waals surface area contributed by atoms with Crippen LogP contribution in [0, 0.1) is 0 Å². The smallest absolute Gasteiger partial charge is 0.326 e. The van der Waals surface area contributed by atoms with E-state index in [0.29, 0.717) is 12.2 Å². The summed E-state index contributed by atoms with van der Waals surface area (Å²) in [6.07, 6.45) is -4.48. The van der Waals surface area contributed by atoms with Crippen molar-refractivity contribution < 1.29 is 18.0 Å². The summed E-state index contributed by atoms with van der Waals surface area (Å²) in [6.45, 7) is 0.336. The summed E-state index contributed by atoms with van der Waals surface area (Å²) in [5, 5.41) is 2.55. The highest BCUT2D eigenvalue weighted by Gasteiger charge is 2.30. The lowest BCUT2D eigenvalue weighted by Gasteiger charge is -2.10. The van der Waals surface area contributed by atoms with Crippen LogP contribution in [0.1, 0.15) is 21.5 Å². The molecule has 0 bridgehead atoms. The minimum Gasteiger partial charge on any atom is -0.326 e. The summed E-state index contributed by atoms with van der Waals surface area (Å²) >= 11 is 3.31. The van der Waals surface area contributed by atoms with E-state index in [9.17, 15) is 18.0 Å². The molecule has 2 aromatic rings. The molecular formula is C15H12BrF3N2O. The zero-order valence-electron chi connectivity index (χ0n) is 11.2. The van der Waals surface area contributed by atoms with Gasteiger partial charge in [-0.05, 0) is 35.9 Å². The number of halogens is 4. The van der Waals surface area contributed by atoms with Gasteiger partial charge in [-0.3, -0.25) is 4.79 Å². The van der Waals surface area contributed by atoms with Crippen molar-refractivity contribution in [1.29, 1.82) is 0 Å². The number of rotatable bonds is 3. The molecule has 0 fully saturated rings. The van der Waals surface area contributed by atoms with Crippen LogP contribution < -0.4 is 11.1 Å². The molecule has 0 atom stereocenters. The predicted molar refractivity (Wildman–Crippen MR) is 81.4 cm³/mol. The summed E-state index contributed by atoms with van der Waals surface area (Å²) < 4.78 is 38.7. The standard InChI is InChI=1S/C15H12BrF3N2O/c16-13-7-12(5-4-10(13)8-20)21-14(22)9-2-1-3-11(6-9)15(17,18)19/h1-7H,8,20H2,(H,21,22). The van der Waals surface area contributed by atoms with Crippen molar-refractivity contribution >= 4 is 27.5 Å². The van der Waals surface area contributed by atoms with Crippen LogP contribution in [0.3, 0.4) is 0 Å². The number of hydrogen-bond donors (Lipinski definition) is 2. The molecule has 2 rings (SSSR count). The predicted octanol–water partition coefficient (Wildman–Crippen LogP) is 4.18. The van der Waals surface area contributed by atoms with E-state index in [1.807, 2.05) is 0 Å². The molecule has 0 saturated carbocycles. The van der Waals surface area contributed by atoms with E-state index in [1.54, 1.807) is 18.2 Å². The highest BCUT2D eigenvalue weighted by atomic mass is 79.9. The van der Waals surface area contributed by atoms with Crippen molar-refractivity contribution in [3.05, 3.63) is 63.6 Å². The molecule has 0 unspecified atom stereocenters. The highest BCUT2D eigenvalue weighted by Crippen LogP contribution is 2.29. The number of anilines is 1. The molecule has 0 heterocycles. The van der Waals surface area contributed by atoms with Crippen LogP contribution in [0.4, 0.5) is 18.9 Å². The lowest BCUT2D eigenvalue weighted by Crippen LogP contribution is -2.14. The Kier molecular flexibility index (Phi) is 4.87. The van der Waals surface area contributed by atoms with E-state index < -0.39 is 17.6 Å². The van der Waals surface area contributed by atoms with Crippen LogP contribution in [0.5, 0.6) is 0 Å². The van der Waals surface area contributed by atoms with Gasteiger partial charge in [0.25, 0.3) is 5.91 Å². The first-order valence-electron chi connectivity index (χ1n) is 6.28. The SMILES string of the molecule is NCc1ccc(NC(=O)c2cccc(C(F)(F)F)c2)cc1Br. The normalized spacial score (nSPS) is 11.3. The maximum atomic E-state index is 12.6. The third-order valence-corrected chi connectivity index (χ3v) is 3.72. The van der Waals surface area contributed by atoms with Crippen LogP contribution in [-0.4, -0.2) is 5.91 Å². The Hall–Kier alpha value is -1.86. The van der Waals surface area contributed by atoms with Gasteiger partial charge in [-0.15, -0.1) is 0 Å². The topological polar surface area (TPSA) is 55.1 Å². The molecule has 22 heavy (non-hydrogen) atoms. The molecule has 0 saturated heterocycles. The van der Waals surface area contributed by atoms with E-state index in [4.69, 9.17) is 5.73 Å². The quantitative estimate of drug-likeness (QED) is 0.848. The molecule has 0 radical (unpaired) electrons. The van der Waals surface area contributed by atoms with Crippen molar-refractivity contribution in [1.82, 2.24) is 0 Å². The van der Waals surface area contributed by atoms with Crippen LogP contribution >= 0.6 is 15.9 Å². The molecule has 0 spiro atoms. The number of nitrogens with two attached hydrogens (primary N) is 1. The Morgan fingerprint density at radius 2 is 1.91 bits per heavy atom. The lowest BCUT2D eigenvalue weighted by atomic mass is 10.1. The molecule has 2 aromatic carbocycles. The minimum atomic E-state index is -4.48. The summed E-state index contributed by atoms with van der Waals surface area (Å²) in [6, 6.07) is 9.28. The zero-order chi connectivity index (χ0) is 16.3. The van der Waals surface area contributed by atoms with Crippen LogP contribution in [0.2, 0.25) is 0 Å². The van der Waals surface area contributed by atoms with Gasteiger partial charge in [-0.25, -0.2) is 0 Å². The fourth-order valence-electron chi connectivity index (χ4n) is 1.83. The molecule has 3 N–H and O–H groups in total. The second kappa shape index (κ2) is 6.50. The van der Waals surface area contributed by atoms with Crippen LogP contribution in [0.25, 0.3) is 0 Å². The lowest BCUT2D eigenvalue weighted by molar-refractivity contribution is -0.137. The minimum absolute atomic E-state index is 0.0613. The molecular weight excluding hydrogens is 361 g/mol. The third kappa shape index (κ3) is 3.86. The molecule has 116 valence electrons. The fourth-order valence-corrected chi connectivity index (χ4v) is 2.37. The first kappa shape index (κ1) is 16.5. The molecule has 0 aliphatic rings. The van der Waals surface area contributed by atoms with Crippen molar-refractivity contribution in [2.45, 2.75) is 12.7 Å². The Morgan fingerprint density at radius 1 is 1.18 bits per heavy atom. The van der Waals surface area contributed by atoms with Crippen molar-refractivity contribution in [3.63, 3.8) is 0 Å². The van der Waals surface area contributed by atoms with Gasteiger partial charge in [-0.1, -0.05) is 28.1 Å². The number of carbonyl (C=O) groups excluding carboxylic acids is 1. The van der Waals surface area contributed by atoms with E-state index in [-0.39, 0.29) is 5.56 Å². The number of amides is 1. The zero-order valence-corrected chi connectivity index (χ0v) is 12.8. The molecule has 1 amide bonds. The molecule has 0 aliphatic carbocycles. The van der Waals surface area contributed by atoms with E-state index in [0.717, 1.165) is 22.2 Å². The second-order valence-electron chi connectivity index (χ2n) is 4.54. The van der Waals surface area contributed by atoms with Gasteiger partial charge in [-0.2, -0.15) is 13.2 Å². The van der Waals surface area contributed by atoms with Crippen molar-refractivity contribution in [2.24, 2.45) is 5.73 Å². The largest absolute Gasteiger partial charge is 0.416 e. The average molecular weight is 373 g/mol. The highest BCUT2D eigenvalue weighted by molar-refractivity contribution is 9.10. The molecule has 0 aliphatic heterocycles. The summed E-state index contributed by atoms with van der Waals surface area (Å²) in [4.78, 5) is 12.0. The van der Waals surface area contributed by atoms with Gasteiger partial charge >= 0.3 is 6.18 Å². The summed E-state index contributed by atoms with van der Waals surface area (Å²) in [7, 11) is 0. The first-order valence-corrected chi connectivity index (χ1v) is 7.07. The van der Waals surface area contributed by atoms with Gasteiger partial charge in [0.1, 0.15) is 0 Å². The fraction of sp³-hybridized carbons (Fsp3) is 0.133. The monoisotopic (exact) mass is 372 g/mol. The Bertz CT molecular complexity index is 701. The third-order valence-electron chi connectivity index (χ3n) is 2.98. The van der Waals surface area contributed by atoms with E-state index in [2.05, 4.69) is 21.2 Å². The Balaban J connectivity index is 2.21. The maximum Gasteiger partial charge on any atom is 0.416 e. The Morgan fingerprint density at radius 3 is 2.50 bits per heavy atom. The number of benzene rings is 2. The van der Waals surface area contributed by atoms with Gasteiger partial charge < -0.3 is 11.1 Å². The van der Waals surface area contributed by atoms with Gasteiger partial charge in [0.2, 0.25) is 0 Å². The first-order chi connectivity index (χ1) is 10.3. The van der Waals surface area contributed by atoms with Gasteiger partial charge in [0.15, 0.2) is 0 Å². The molecule has 7 heteroatoms. The summed E-state index contributed by atoms with van der Waals surface area (Å²) in [5.74, 6) is -0.613. The van der Waals surface area contributed by atoms with Gasteiger partial charge in [0, 0.05) is 22.3 Å². The van der Waals surface area contributed by atoms with Crippen molar-refractivity contribution in [3.8, 4) is 0 Å². The number of alkyl halides is 3. The number of nitrogens with one attached hydrogen (secondary N) is 1. The van der Waals surface area contributed by atoms with Crippen LogP contribution in [-0.2, 0) is 12.7 Å². The average Bonchev–Trinajstić information content (AvgIpc) is 2.46. The van der Waals surface area contributed by atoms with E-state index >= 15 is 0 Å². The summed E-state index contributed by atoms with van der Waals surface area (Å²) in [5.41, 5.74) is 5.93. The van der Waals surface area contributed by atoms with Crippen LogP contribution in [0.15, 0.2) is 46.9 Å². The van der Waals surface area contributed by atoms with E-state index in [1.165, 1.54) is 12.1 Å². The molecule has 0 aromatic heterocycles.